The summed E-state index contributed by atoms with van der Waals surface area (Å²) < 4.78 is 2.62. The smallest absolute Gasteiger partial charge is 0.351 e. The molecule has 2 aromatic heterocycles. The first kappa shape index (κ1) is 18.0. The van der Waals surface area contributed by atoms with Gasteiger partial charge in [0.2, 0.25) is 11.6 Å². The Labute approximate surface area is 165 Å². The van der Waals surface area contributed by atoms with E-state index in [1.165, 1.54) is 4.40 Å². The van der Waals surface area contributed by atoms with Crippen molar-refractivity contribution in [3.63, 3.8) is 0 Å². The predicted molar refractivity (Wildman–Crippen MR) is 109 cm³/mol. The third-order valence-electron chi connectivity index (χ3n) is 4.23. The van der Waals surface area contributed by atoms with Crippen LogP contribution >= 0.6 is 11.6 Å². The van der Waals surface area contributed by atoms with Crippen molar-refractivity contribution in [2.24, 2.45) is 0 Å². The number of carbonyl (C=O) groups is 1. The van der Waals surface area contributed by atoms with Crippen LogP contribution in [0.15, 0.2) is 53.3 Å². The van der Waals surface area contributed by atoms with Crippen LogP contribution in [-0.2, 0) is 11.3 Å². The number of anilines is 2. The van der Waals surface area contributed by atoms with Gasteiger partial charge in [-0.05, 0) is 36.4 Å². The van der Waals surface area contributed by atoms with E-state index in [1.54, 1.807) is 35.2 Å². The Bertz CT molecular complexity index is 1240. The number of rotatable bonds is 4. The molecule has 4 aromatic rings. The molecular formula is C19H17ClN6O2. The normalized spacial score (nSPS) is 11.1. The molecule has 0 spiro atoms. The highest BCUT2D eigenvalue weighted by Gasteiger charge is 2.18. The zero-order chi connectivity index (χ0) is 19.8. The van der Waals surface area contributed by atoms with Crippen molar-refractivity contribution in [3.8, 4) is 0 Å². The molecule has 142 valence electrons. The summed E-state index contributed by atoms with van der Waals surface area (Å²) in [6.07, 6.45) is 0. The van der Waals surface area contributed by atoms with Crippen molar-refractivity contribution in [2.75, 3.05) is 24.3 Å². The van der Waals surface area contributed by atoms with Crippen molar-refractivity contribution in [3.05, 3.63) is 64.0 Å². The third kappa shape index (κ3) is 3.18. The summed E-state index contributed by atoms with van der Waals surface area (Å²) in [7, 11) is 3.65. The topological polar surface area (TPSA) is 84.5 Å². The SMILES string of the molecule is CN(C)c1nc2ccccc2n2c(=O)n(CC(=O)Nc3ccc(Cl)cc3)nc12. The summed E-state index contributed by atoms with van der Waals surface area (Å²) in [5, 5.41) is 7.67. The second kappa shape index (κ2) is 6.97. The number of aromatic nitrogens is 4. The van der Waals surface area contributed by atoms with Crippen molar-refractivity contribution in [1.82, 2.24) is 19.2 Å². The molecule has 0 unspecified atom stereocenters. The van der Waals surface area contributed by atoms with E-state index in [2.05, 4.69) is 15.4 Å². The molecular weight excluding hydrogens is 380 g/mol. The average molecular weight is 397 g/mol. The molecule has 1 amide bonds. The van der Waals surface area contributed by atoms with Gasteiger partial charge in [0.25, 0.3) is 0 Å². The number of halogens is 1. The van der Waals surface area contributed by atoms with Crippen LogP contribution in [0, 0.1) is 0 Å². The van der Waals surface area contributed by atoms with Crippen LogP contribution < -0.4 is 15.9 Å². The lowest BCUT2D eigenvalue weighted by atomic mass is 10.3. The average Bonchev–Trinajstić information content (AvgIpc) is 2.99. The Hall–Kier alpha value is -3.39. The highest BCUT2D eigenvalue weighted by atomic mass is 35.5. The number of carbonyl (C=O) groups excluding carboxylic acids is 1. The first-order chi connectivity index (χ1) is 13.4. The van der Waals surface area contributed by atoms with Gasteiger partial charge in [-0.2, -0.15) is 0 Å². The van der Waals surface area contributed by atoms with Gasteiger partial charge in [-0.3, -0.25) is 4.79 Å². The fraction of sp³-hybridized carbons (Fsp3) is 0.158. The third-order valence-corrected chi connectivity index (χ3v) is 4.49. The van der Waals surface area contributed by atoms with Crippen LogP contribution in [0.5, 0.6) is 0 Å². The maximum atomic E-state index is 13.0. The highest BCUT2D eigenvalue weighted by molar-refractivity contribution is 6.30. The van der Waals surface area contributed by atoms with E-state index in [9.17, 15) is 9.59 Å². The molecule has 9 heteroatoms. The largest absolute Gasteiger partial charge is 0.360 e. The molecule has 0 aliphatic heterocycles. The minimum Gasteiger partial charge on any atom is -0.360 e. The monoisotopic (exact) mass is 396 g/mol. The van der Waals surface area contributed by atoms with Gasteiger partial charge < -0.3 is 10.2 Å². The summed E-state index contributed by atoms with van der Waals surface area (Å²) >= 11 is 5.85. The fourth-order valence-corrected chi connectivity index (χ4v) is 3.08. The quantitative estimate of drug-likeness (QED) is 0.572. The van der Waals surface area contributed by atoms with Crippen molar-refractivity contribution in [1.29, 1.82) is 0 Å². The number of amides is 1. The fourth-order valence-electron chi connectivity index (χ4n) is 2.95. The number of nitrogens with one attached hydrogen (secondary N) is 1. The molecule has 0 saturated heterocycles. The molecule has 8 nitrogen and oxygen atoms in total. The standard InChI is InChI=1S/C19H17ClN6O2/c1-24(2)17-18-23-25(11-16(27)21-13-9-7-12(20)8-10-13)19(28)26(18)15-6-4-3-5-14(15)22-17/h3-10H,11H2,1-2H3,(H,21,27). The minimum absolute atomic E-state index is 0.218. The molecule has 4 rings (SSSR count). The number of hydrogen-bond donors (Lipinski definition) is 1. The van der Waals surface area contributed by atoms with Crippen molar-refractivity contribution >= 4 is 45.7 Å². The van der Waals surface area contributed by atoms with Crippen LogP contribution in [-0.4, -0.2) is 39.2 Å². The summed E-state index contributed by atoms with van der Waals surface area (Å²) in [6, 6.07) is 14.0. The van der Waals surface area contributed by atoms with Gasteiger partial charge in [-0.25, -0.2) is 18.9 Å². The molecule has 0 saturated carbocycles. The molecule has 0 fully saturated rings. The van der Waals surface area contributed by atoms with Crippen LogP contribution in [0.4, 0.5) is 11.5 Å². The van der Waals surface area contributed by atoms with Gasteiger partial charge in [0.15, 0.2) is 5.82 Å². The number of para-hydroxylation sites is 2. The molecule has 2 aromatic carbocycles. The molecule has 1 N–H and O–H groups in total. The Morgan fingerprint density at radius 3 is 2.57 bits per heavy atom. The number of fused-ring (bicyclic) bond motifs is 3. The number of hydrogen-bond acceptors (Lipinski definition) is 5. The Morgan fingerprint density at radius 2 is 1.86 bits per heavy atom. The van der Waals surface area contributed by atoms with Gasteiger partial charge in [0.05, 0.1) is 11.0 Å². The molecule has 2 heterocycles. The number of nitrogens with zero attached hydrogens (tertiary/aromatic N) is 5. The number of benzene rings is 2. The van der Waals surface area contributed by atoms with Gasteiger partial charge in [-0.15, -0.1) is 5.10 Å². The van der Waals surface area contributed by atoms with Gasteiger partial charge in [-0.1, -0.05) is 23.7 Å². The first-order valence-corrected chi connectivity index (χ1v) is 8.93. The Kier molecular flexibility index (Phi) is 4.48. The molecule has 0 aliphatic carbocycles. The lowest BCUT2D eigenvalue weighted by Crippen LogP contribution is -2.28. The van der Waals surface area contributed by atoms with Crippen LogP contribution in [0.25, 0.3) is 16.7 Å². The first-order valence-electron chi connectivity index (χ1n) is 8.55. The zero-order valence-electron chi connectivity index (χ0n) is 15.3. The second-order valence-electron chi connectivity index (χ2n) is 6.47. The van der Waals surface area contributed by atoms with Crippen LogP contribution in [0.3, 0.4) is 0 Å². The maximum absolute atomic E-state index is 13.0. The van der Waals surface area contributed by atoms with E-state index in [-0.39, 0.29) is 12.5 Å². The van der Waals surface area contributed by atoms with E-state index >= 15 is 0 Å². The zero-order valence-corrected chi connectivity index (χ0v) is 16.0. The lowest BCUT2D eigenvalue weighted by molar-refractivity contribution is -0.117. The van der Waals surface area contributed by atoms with Crippen molar-refractivity contribution < 1.29 is 4.79 Å². The molecule has 0 aliphatic rings. The van der Waals surface area contributed by atoms with E-state index in [1.807, 2.05) is 32.3 Å². The Balaban J connectivity index is 1.76. The summed E-state index contributed by atoms with van der Waals surface area (Å²) in [6.45, 7) is -0.218. The molecule has 0 radical (unpaired) electrons. The maximum Gasteiger partial charge on any atom is 0.351 e. The summed E-state index contributed by atoms with van der Waals surface area (Å²) in [5.41, 5.74) is 1.90. The lowest BCUT2D eigenvalue weighted by Gasteiger charge is -2.12. The minimum atomic E-state index is -0.400. The van der Waals surface area contributed by atoms with E-state index < -0.39 is 5.69 Å². The van der Waals surface area contributed by atoms with E-state index in [4.69, 9.17) is 11.6 Å². The van der Waals surface area contributed by atoms with Crippen molar-refractivity contribution in [2.45, 2.75) is 6.54 Å². The second-order valence-corrected chi connectivity index (χ2v) is 6.91. The van der Waals surface area contributed by atoms with E-state index in [0.717, 1.165) is 4.68 Å². The van der Waals surface area contributed by atoms with Crippen LogP contribution in [0.1, 0.15) is 0 Å². The predicted octanol–water partition coefficient (Wildman–Crippen LogP) is 2.40. The Morgan fingerprint density at radius 1 is 1.14 bits per heavy atom. The van der Waals surface area contributed by atoms with Gasteiger partial charge >= 0.3 is 5.69 Å². The molecule has 0 bridgehead atoms. The van der Waals surface area contributed by atoms with Gasteiger partial charge in [0, 0.05) is 24.8 Å². The summed E-state index contributed by atoms with van der Waals surface area (Å²) in [4.78, 5) is 31.7. The molecule has 28 heavy (non-hydrogen) atoms. The molecule has 0 atom stereocenters. The van der Waals surface area contributed by atoms with Crippen LogP contribution in [0.2, 0.25) is 5.02 Å². The highest BCUT2D eigenvalue weighted by Crippen LogP contribution is 2.20. The van der Waals surface area contributed by atoms with Gasteiger partial charge in [0.1, 0.15) is 6.54 Å². The summed E-state index contributed by atoms with van der Waals surface area (Å²) in [5.74, 6) is 0.184. The van der Waals surface area contributed by atoms with E-state index in [0.29, 0.717) is 33.2 Å².